The van der Waals surface area contributed by atoms with E-state index in [-0.39, 0.29) is 49.0 Å². The van der Waals surface area contributed by atoms with Crippen molar-refractivity contribution in [3.05, 3.63) is 0 Å². The minimum absolute atomic E-state index is 0.0573. The van der Waals surface area contributed by atoms with Crippen LogP contribution in [0.15, 0.2) is 0 Å². The van der Waals surface area contributed by atoms with E-state index in [0.717, 1.165) is 90.1 Å². The third-order valence-electron chi connectivity index (χ3n) is 8.41. The molecule has 0 aromatic heterocycles. The van der Waals surface area contributed by atoms with Gasteiger partial charge in [0.2, 0.25) is 0 Å². The lowest BCUT2D eigenvalue weighted by molar-refractivity contribution is -0.153. The van der Waals surface area contributed by atoms with Crippen LogP contribution in [0, 0.1) is 23.7 Å². The molecule has 0 heterocycles. The van der Waals surface area contributed by atoms with Gasteiger partial charge in [-0.15, -0.1) is 0 Å². The predicted octanol–water partition coefficient (Wildman–Crippen LogP) is 2.25. The van der Waals surface area contributed by atoms with E-state index in [9.17, 15) is 9.59 Å². The molecule has 6 unspecified atom stereocenters. The first-order valence-electron chi connectivity index (χ1n) is 14.6. The fourth-order valence-electron chi connectivity index (χ4n) is 6.65. The van der Waals surface area contributed by atoms with Crippen molar-refractivity contribution in [2.24, 2.45) is 23.7 Å². The molecular weight excluding hydrogens is 460 g/mol. The molecule has 0 radical (unpaired) electrons. The fourth-order valence-corrected chi connectivity index (χ4v) is 6.65. The van der Waals surface area contributed by atoms with Crippen LogP contribution in [0.1, 0.15) is 77.0 Å². The van der Waals surface area contributed by atoms with Crippen LogP contribution in [0.5, 0.6) is 0 Å². The highest BCUT2D eigenvalue weighted by Gasteiger charge is 2.55. The highest BCUT2D eigenvalue weighted by atomic mass is 16.5. The number of unbranched alkanes of at least 4 members (excludes halogenated alkanes) is 4. The number of carbonyl (C=O) groups is 2. The topological polar surface area (TPSA) is 117 Å². The highest BCUT2D eigenvalue weighted by molar-refractivity contribution is 6.00. The maximum absolute atomic E-state index is 13.7. The van der Waals surface area contributed by atoms with E-state index in [2.05, 4.69) is 10.6 Å². The third-order valence-corrected chi connectivity index (χ3v) is 8.41. The van der Waals surface area contributed by atoms with Crippen LogP contribution in [0.3, 0.4) is 0 Å². The molecule has 0 aromatic rings. The maximum Gasteiger partial charge on any atom is 0.142 e. The fraction of sp³-hybridized carbons (Fsp3) is 0.929. The molecule has 3 fully saturated rings. The van der Waals surface area contributed by atoms with Gasteiger partial charge in [-0.2, -0.15) is 0 Å². The summed E-state index contributed by atoms with van der Waals surface area (Å²) in [4.78, 5) is 27.5. The molecule has 4 N–H and O–H groups in total. The molecule has 0 aromatic carbocycles. The molecule has 0 amide bonds. The number of aliphatic hydroxyl groups is 2. The Labute approximate surface area is 217 Å². The second-order valence-corrected chi connectivity index (χ2v) is 10.8. The molecule has 0 saturated heterocycles. The number of ketones is 2. The second kappa shape index (κ2) is 16.8. The smallest absolute Gasteiger partial charge is 0.142 e. The van der Waals surface area contributed by atoms with Crippen LogP contribution in [0.4, 0.5) is 0 Å². The molecule has 6 atom stereocenters. The maximum atomic E-state index is 13.7. The van der Waals surface area contributed by atoms with Crippen molar-refractivity contribution in [1.29, 1.82) is 0 Å². The van der Waals surface area contributed by atoms with Crippen LogP contribution in [-0.4, -0.2) is 86.6 Å². The summed E-state index contributed by atoms with van der Waals surface area (Å²) in [7, 11) is 0. The molecule has 8 heteroatoms. The summed E-state index contributed by atoms with van der Waals surface area (Å²) in [5.74, 6) is 0.209. The average molecular weight is 511 g/mol. The molecule has 3 rings (SSSR count). The first-order valence-corrected chi connectivity index (χ1v) is 14.6. The minimum Gasteiger partial charge on any atom is -0.394 e. The molecule has 8 nitrogen and oxygen atoms in total. The van der Waals surface area contributed by atoms with Crippen LogP contribution >= 0.6 is 0 Å². The summed E-state index contributed by atoms with van der Waals surface area (Å²) < 4.78 is 10.7. The molecule has 0 aliphatic heterocycles. The zero-order valence-electron chi connectivity index (χ0n) is 22.1. The number of ether oxygens (including phenoxy) is 2. The number of hydrogen-bond acceptors (Lipinski definition) is 8. The first-order chi connectivity index (χ1) is 17.7. The summed E-state index contributed by atoms with van der Waals surface area (Å²) >= 11 is 0. The Morgan fingerprint density at radius 1 is 0.611 bits per heavy atom. The van der Waals surface area contributed by atoms with E-state index in [1.165, 1.54) is 0 Å². The molecule has 208 valence electrons. The van der Waals surface area contributed by atoms with E-state index >= 15 is 0 Å². The van der Waals surface area contributed by atoms with Crippen LogP contribution < -0.4 is 10.6 Å². The monoisotopic (exact) mass is 510 g/mol. The number of aliphatic hydroxyl groups excluding tert-OH is 2. The Balaban J connectivity index is 1.51. The van der Waals surface area contributed by atoms with Crippen molar-refractivity contribution in [3.63, 3.8) is 0 Å². The van der Waals surface area contributed by atoms with Gasteiger partial charge in [-0.25, -0.2) is 0 Å². The quantitative estimate of drug-likeness (QED) is 0.208. The van der Waals surface area contributed by atoms with Gasteiger partial charge in [0.05, 0.1) is 26.4 Å². The van der Waals surface area contributed by atoms with Gasteiger partial charge in [-0.1, -0.05) is 12.8 Å². The summed E-state index contributed by atoms with van der Waals surface area (Å²) in [5.41, 5.74) is 0. The van der Waals surface area contributed by atoms with Crippen molar-refractivity contribution >= 4 is 11.6 Å². The van der Waals surface area contributed by atoms with Crippen LogP contribution in [0.25, 0.3) is 0 Å². The van der Waals surface area contributed by atoms with Crippen molar-refractivity contribution in [3.8, 4) is 0 Å². The van der Waals surface area contributed by atoms with Gasteiger partial charge < -0.3 is 30.3 Å². The molecular formula is C28H50N2O6. The molecule has 3 aliphatic carbocycles. The van der Waals surface area contributed by atoms with E-state index in [4.69, 9.17) is 19.7 Å². The molecule has 3 aliphatic rings. The van der Waals surface area contributed by atoms with Crippen molar-refractivity contribution < 1.29 is 29.3 Å². The van der Waals surface area contributed by atoms with Gasteiger partial charge >= 0.3 is 0 Å². The normalized spacial score (nSPS) is 30.3. The van der Waals surface area contributed by atoms with Gasteiger partial charge in [0.1, 0.15) is 11.6 Å². The minimum atomic E-state index is -0.192. The first kappa shape index (κ1) is 29.7. The van der Waals surface area contributed by atoms with Crippen molar-refractivity contribution in [2.75, 3.05) is 52.7 Å². The van der Waals surface area contributed by atoms with Gasteiger partial charge in [-0.3, -0.25) is 9.59 Å². The van der Waals surface area contributed by atoms with E-state index in [0.29, 0.717) is 38.0 Å². The number of hydrogen-bond donors (Lipinski definition) is 4. The van der Waals surface area contributed by atoms with Gasteiger partial charge in [0.25, 0.3) is 0 Å². The number of fused-ring (bicyclic) bond motifs is 2. The van der Waals surface area contributed by atoms with Crippen molar-refractivity contribution in [2.45, 2.75) is 89.1 Å². The number of carbonyl (C=O) groups excluding carboxylic acids is 2. The Kier molecular flexibility index (Phi) is 13.9. The highest BCUT2D eigenvalue weighted by Crippen LogP contribution is 2.46. The second-order valence-electron chi connectivity index (χ2n) is 10.8. The SMILES string of the molecule is O=C1C2CCCCC2C(=O)C2C(NCCCCCOCCO)CCC(NCCCCCOCCO)C12. The molecule has 0 bridgehead atoms. The average Bonchev–Trinajstić information content (AvgIpc) is 2.90. The lowest BCUT2D eigenvalue weighted by Gasteiger charge is -2.50. The predicted molar refractivity (Wildman–Crippen MR) is 139 cm³/mol. The zero-order valence-corrected chi connectivity index (χ0v) is 22.1. The van der Waals surface area contributed by atoms with Crippen molar-refractivity contribution in [1.82, 2.24) is 10.6 Å². The number of rotatable bonds is 18. The van der Waals surface area contributed by atoms with Crippen LogP contribution in [0.2, 0.25) is 0 Å². The lowest BCUT2D eigenvalue weighted by Crippen LogP contribution is -2.63. The molecule has 0 spiro atoms. The lowest BCUT2D eigenvalue weighted by atomic mass is 9.56. The Bertz CT molecular complexity index is 594. The van der Waals surface area contributed by atoms with E-state index in [1.807, 2.05) is 0 Å². The van der Waals surface area contributed by atoms with Gasteiger partial charge in [0, 0.05) is 49.0 Å². The number of Topliss-reactive ketones (excluding diaryl/α,β-unsaturated/α-hetero) is 2. The summed E-state index contributed by atoms with van der Waals surface area (Å²) in [6, 6.07) is 0.198. The summed E-state index contributed by atoms with van der Waals surface area (Å²) in [6.07, 6.45) is 11.9. The number of nitrogens with one attached hydrogen (secondary N) is 2. The Hall–Kier alpha value is -0.900. The summed E-state index contributed by atoms with van der Waals surface area (Å²) in [6.45, 7) is 4.00. The molecule has 36 heavy (non-hydrogen) atoms. The zero-order chi connectivity index (χ0) is 25.6. The van der Waals surface area contributed by atoms with E-state index in [1.54, 1.807) is 0 Å². The Morgan fingerprint density at radius 3 is 1.47 bits per heavy atom. The van der Waals surface area contributed by atoms with Gasteiger partial charge in [0.15, 0.2) is 0 Å². The van der Waals surface area contributed by atoms with Gasteiger partial charge in [-0.05, 0) is 77.3 Å². The third kappa shape index (κ3) is 8.57. The summed E-state index contributed by atoms with van der Waals surface area (Å²) in [5, 5.41) is 24.9. The standard InChI is InChI=1S/C28H50N2O6/c31-15-19-35-17-7-1-5-13-29-23-11-12-24(30-14-6-2-8-18-36-20-16-32)26-25(23)27(33)21-9-3-4-10-22(21)28(26)34/h21-26,29-32H,1-20H2. The Morgan fingerprint density at radius 2 is 1.06 bits per heavy atom. The largest absolute Gasteiger partial charge is 0.394 e. The van der Waals surface area contributed by atoms with Crippen LogP contribution in [-0.2, 0) is 19.1 Å². The van der Waals surface area contributed by atoms with E-state index < -0.39 is 0 Å². The molecule has 3 saturated carbocycles.